The maximum absolute atomic E-state index is 12.8. The van der Waals surface area contributed by atoms with E-state index < -0.39 is 17.6 Å². The monoisotopic (exact) mass is 420 g/mol. The van der Waals surface area contributed by atoms with E-state index in [1.165, 1.54) is 16.3 Å². The van der Waals surface area contributed by atoms with Gasteiger partial charge in [0.15, 0.2) is 5.13 Å². The normalized spacial score (nSPS) is 11.2. The van der Waals surface area contributed by atoms with Crippen molar-refractivity contribution in [2.75, 3.05) is 12.4 Å². The van der Waals surface area contributed by atoms with Crippen LogP contribution in [0.1, 0.15) is 32.0 Å². The average molecular weight is 420 g/mol. The molecule has 6 nitrogen and oxygen atoms in total. The molecule has 3 rings (SSSR count). The van der Waals surface area contributed by atoms with Crippen molar-refractivity contribution < 1.29 is 22.8 Å². The molecule has 10 heteroatoms. The van der Waals surface area contributed by atoms with E-state index in [1.54, 1.807) is 25.5 Å². The second kappa shape index (κ2) is 8.39. The minimum absolute atomic E-state index is 0.116. The lowest BCUT2D eigenvalue weighted by Gasteiger charge is -2.15. The molecule has 0 aliphatic rings. The molecule has 2 aromatic heterocycles. The van der Waals surface area contributed by atoms with Crippen LogP contribution < -0.4 is 5.32 Å². The highest BCUT2D eigenvalue weighted by molar-refractivity contribution is 7.14. The molecule has 0 saturated heterocycles. The van der Waals surface area contributed by atoms with Crippen molar-refractivity contribution in [2.24, 2.45) is 0 Å². The van der Waals surface area contributed by atoms with Crippen LogP contribution in [0, 0.1) is 0 Å². The minimum Gasteiger partial charge on any atom is -0.336 e. The second-order valence-corrected chi connectivity index (χ2v) is 6.95. The molecule has 0 unspecified atom stereocenters. The van der Waals surface area contributed by atoms with E-state index in [0.717, 1.165) is 35.1 Å². The molecule has 2 heterocycles. The molecule has 150 valence electrons. The number of nitrogens with one attached hydrogen (secondary N) is 1. The molecule has 0 fully saturated rings. The SMILES string of the molecule is CN(Cc1cccnc1)C(=O)c1csc(NC(=O)c2cccc(C(F)(F)F)c2)n1. The molecule has 1 N–H and O–H groups in total. The molecule has 29 heavy (non-hydrogen) atoms. The lowest BCUT2D eigenvalue weighted by molar-refractivity contribution is -0.137. The maximum atomic E-state index is 12.8. The standard InChI is InChI=1S/C19H15F3N4O2S/c1-26(10-12-4-3-7-23-9-12)17(28)15-11-29-18(24-15)25-16(27)13-5-2-6-14(8-13)19(20,21)22/h2-9,11H,10H2,1H3,(H,24,25,27). The van der Waals surface area contributed by atoms with Crippen LogP contribution in [0.2, 0.25) is 0 Å². The van der Waals surface area contributed by atoms with Gasteiger partial charge in [-0.1, -0.05) is 12.1 Å². The summed E-state index contributed by atoms with van der Waals surface area (Å²) in [4.78, 5) is 34.2. The molecule has 0 saturated carbocycles. The third-order valence-corrected chi connectivity index (χ3v) is 4.64. The van der Waals surface area contributed by atoms with Crippen molar-refractivity contribution in [3.05, 3.63) is 76.6 Å². The van der Waals surface area contributed by atoms with Gasteiger partial charge in [0.2, 0.25) is 0 Å². The van der Waals surface area contributed by atoms with Crippen LogP contribution in [0.3, 0.4) is 0 Å². The average Bonchev–Trinajstić information content (AvgIpc) is 3.16. The van der Waals surface area contributed by atoms with E-state index >= 15 is 0 Å². The number of alkyl halides is 3. The fourth-order valence-electron chi connectivity index (χ4n) is 2.47. The number of nitrogens with zero attached hydrogens (tertiary/aromatic N) is 3. The minimum atomic E-state index is -4.55. The van der Waals surface area contributed by atoms with Crippen LogP contribution in [-0.2, 0) is 12.7 Å². The van der Waals surface area contributed by atoms with Crippen LogP contribution >= 0.6 is 11.3 Å². The highest BCUT2D eigenvalue weighted by atomic mass is 32.1. The van der Waals surface area contributed by atoms with Gasteiger partial charge in [0, 0.05) is 36.9 Å². The highest BCUT2D eigenvalue weighted by Gasteiger charge is 2.31. The summed E-state index contributed by atoms with van der Waals surface area (Å²) in [5.41, 5.74) is -0.105. The van der Waals surface area contributed by atoms with Gasteiger partial charge < -0.3 is 4.90 Å². The van der Waals surface area contributed by atoms with Crippen LogP contribution in [0.15, 0.2) is 54.2 Å². The number of rotatable bonds is 5. The number of hydrogen-bond donors (Lipinski definition) is 1. The largest absolute Gasteiger partial charge is 0.416 e. The van der Waals surface area contributed by atoms with Crippen molar-refractivity contribution in [3.8, 4) is 0 Å². The predicted molar refractivity (Wildman–Crippen MR) is 102 cm³/mol. The van der Waals surface area contributed by atoms with Gasteiger partial charge in [0.05, 0.1) is 5.56 Å². The van der Waals surface area contributed by atoms with Crippen molar-refractivity contribution in [1.82, 2.24) is 14.9 Å². The number of benzene rings is 1. The lowest BCUT2D eigenvalue weighted by atomic mass is 10.1. The molecule has 3 aromatic rings. The first-order valence-electron chi connectivity index (χ1n) is 8.32. The van der Waals surface area contributed by atoms with E-state index in [-0.39, 0.29) is 22.3 Å². The smallest absolute Gasteiger partial charge is 0.336 e. The van der Waals surface area contributed by atoms with Crippen molar-refractivity contribution in [1.29, 1.82) is 0 Å². The molecule has 0 bridgehead atoms. The van der Waals surface area contributed by atoms with Crippen LogP contribution in [-0.4, -0.2) is 33.7 Å². The summed E-state index contributed by atoms with van der Waals surface area (Å²) in [5.74, 6) is -1.10. The number of carbonyl (C=O) groups excluding carboxylic acids is 2. The highest BCUT2D eigenvalue weighted by Crippen LogP contribution is 2.29. The molecule has 0 atom stereocenters. The van der Waals surface area contributed by atoms with Gasteiger partial charge in [0.1, 0.15) is 5.69 Å². The zero-order valence-corrected chi connectivity index (χ0v) is 15.9. The van der Waals surface area contributed by atoms with E-state index in [2.05, 4.69) is 15.3 Å². The Morgan fingerprint density at radius 1 is 1.21 bits per heavy atom. The van der Waals surface area contributed by atoms with Gasteiger partial charge in [-0.3, -0.25) is 19.9 Å². The van der Waals surface area contributed by atoms with Crippen LogP contribution in [0.5, 0.6) is 0 Å². The third kappa shape index (κ3) is 5.17. The number of hydrogen-bond acceptors (Lipinski definition) is 5. The summed E-state index contributed by atoms with van der Waals surface area (Å²) in [6, 6.07) is 7.66. The molecular formula is C19H15F3N4O2S. The number of halogens is 3. The molecule has 1 aromatic carbocycles. The van der Waals surface area contributed by atoms with Gasteiger partial charge in [-0.2, -0.15) is 13.2 Å². The first-order valence-corrected chi connectivity index (χ1v) is 9.20. The summed E-state index contributed by atoms with van der Waals surface area (Å²) >= 11 is 1.01. The summed E-state index contributed by atoms with van der Waals surface area (Å²) in [7, 11) is 1.61. The van der Waals surface area contributed by atoms with E-state index in [9.17, 15) is 22.8 Å². The first-order chi connectivity index (χ1) is 13.7. The number of thiazole rings is 1. The Morgan fingerprint density at radius 3 is 2.69 bits per heavy atom. The lowest BCUT2D eigenvalue weighted by Crippen LogP contribution is -2.26. The van der Waals surface area contributed by atoms with E-state index in [1.807, 2.05) is 6.07 Å². The molecular weight excluding hydrogens is 405 g/mol. The number of anilines is 1. The fourth-order valence-corrected chi connectivity index (χ4v) is 3.15. The number of aromatic nitrogens is 2. The predicted octanol–water partition coefficient (Wildman–Crippen LogP) is 4.08. The Bertz CT molecular complexity index is 1020. The van der Waals surface area contributed by atoms with E-state index in [0.29, 0.717) is 6.54 Å². The Balaban J connectivity index is 1.67. The summed E-state index contributed by atoms with van der Waals surface area (Å²) < 4.78 is 38.4. The van der Waals surface area contributed by atoms with Crippen molar-refractivity contribution in [2.45, 2.75) is 12.7 Å². The van der Waals surface area contributed by atoms with Crippen LogP contribution in [0.4, 0.5) is 18.3 Å². The number of amides is 2. The zero-order valence-electron chi connectivity index (χ0n) is 15.1. The maximum Gasteiger partial charge on any atom is 0.416 e. The van der Waals surface area contributed by atoms with Gasteiger partial charge in [-0.05, 0) is 29.8 Å². The summed E-state index contributed by atoms with van der Waals surface area (Å²) in [6.45, 7) is 0.329. The Kier molecular flexibility index (Phi) is 5.92. The summed E-state index contributed by atoms with van der Waals surface area (Å²) in [5, 5.41) is 4.01. The van der Waals surface area contributed by atoms with Gasteiger partial charge in [-0.25, -0.2) is 4.98 Å². The second-order valence-electron chi connectivity index (χ2n) is 6.09. The Hall–Kier alpha value is -3.27. The number of carbonyl (C=O) groups is 2. The van der Waals surface area contributed by atoms with Gasteiger partial charge in [0.25, 0.3) is 11.8 Å². The molecule has 0 aliphatic heterocycles. The molecule has 2 amide bonds. The topological polar surface area (TPSA) is 75.2 Å². The molecule has 0 spiro atoms. The third-order valence-electron chi connectivity index (χ3n) is 3.89. The Labute approximate surface area is 168 Å². The van der Waals surface area contributed by atoms with Crippen molar-refractivity contribution in [3.63, 3.8) is 0 Å². The van der Waals surface area contributed by atoms with Gasteiger partial charge >= 0.3 is 6.18 Å². The number of pyridine rings is 1. The van der Waals surface area contributed by atoms with Crippen molar-refractivity contribution >= 4 is 28.3 Å². The first kappa shape index (κ1) is 20.5. The fraction of sp³-hybridized carbons (Fsp3) is 0.158. The molecule has 0 radical (unpaired) electrons. The van der Waals surface area contributed by atoms with Gasteiger partial charge in [-0.15, -0.1) is 11.3 Å². The molecule has 0 aliphatic carbocycles. The van der Waals surface area contributed by atoms with Crippen LogP contribution in [0.25, 0.3) is 0 Å². The quantitative estimate of drug-likeness (QED) is 0.675. The zero-order chi connectivity index (χ0) is 21.0. The summed E-state index contributed by atoms with van der Waals surface area (Å²) in [6.07, 6.45) is -1.27. The van der Waals surface area contributed by atoms with E-state index in [4.69, 9.17) is 0 Å². The Morgan fingerprint density at radius 2 is 2.00 bits per heavy atom.